The van der Waals surface area contributed by atoms with Gasteiger partial charge < -0.3 is 19.9 Å². The van der Waals surface area contributed by atoms with Crippen molar-refractivity contribution in [3.05, 3.63) is 18.2 Å². The summed E-state index contributed by atoms with van der Waals surface area (Å²) in [6.07, 6.45) is 0. The smallest absolute Gasteiger partial charge is 0.162 e. The van der Waals surface area contributed by atoms with Crippen LogP contribution in [0, 0.1) is 0 Å². The molecule has 2 rings (SSSR count). The number of ether oxygens (including phenoxy) is 2. The van der Waals surface area contributed by atoms with E-state index in [2.05, 4.69) is 5.32 Å². The Bertz CT molecular complexity index is 361. The summed E-state index contributed by atoms with van der Waals surface area (Å²) in [6.45, 7) is 3.62. The van der Waals surface area contributed by atoms with Crippen LogP contribution >= 0.6 is 0 Å². The number of nitrogens with one attached hydrogen (secondary N) is 1. The second-order valence-corrected chi connectivity index (χ2v) is 3.99. The third-order valence-corrected chi connectivity index (χ3v) is 2.52. The molecule has 0 amide bonds. The topological polar surface area (TPSA) is 50.7 Å². The average Bonchev–Trinajstić information content (AvgIpc) is 2.18. The van der Waals surface area contributed by atoms with Crippen molar-refractivity contribution in [2.75, 3.05) is 20.2 Å². The molecule has 0 atom stereocenters. The highest BCUT2D eigenvalue weighted by Gasteiger charge is 2.34. The van der Waals surface area contributed by atoms with E-state index in [1.807, 2.05) is 6.92 Å². The molecular weight excluding hydrogens is 194 g/mol. The molecule has 82 valence electrons. The number of hydrogen-bond donors (Lipinski definition) is 2. The average molecular weight is 209 g/mol. The molecule has 1 aliphatic rings. The zero-order chi connectivity index (χ0) is 10.9. The van der Waals surface area contributed by atoms with Gasteiger partial charge in [-0.2, -0.15) is 0 Å². The van der Waals surface area contributed by atoms with Gasteiger partial charge in [-0.1, -0.05) is 0 Å². The van der Waals surface area contributed by atoms with Crippen LogP contribution in [0.4, 0.5) is 0 Å². The van der Waals surface area contributed by atoms with Crippen molar-refractivity contribution in [1.29, 1.82) is 0 Å². The second kappa shape index (κ2) is 3.62. The highest BCUT2D eigenvalue weighted by atomic mass is 16.5. The molecule has 15 heavy (non-hydrogen) atoms. The van der Waals surface area contributed by atoms with Crippen LogP contribution < -0.4 is 14.8 Å². The van der Waals surface area contributed by atoms with Crippen molar-refractivity contribution < 1.29 is 14.6 Å². The molecule has 0 bridgehead atoms. The second-order valence-electron chi connectivity index (χ2n) is 3.99. The highest BCUT2D eigenvalue weighted by molar-refractivity contribution is 5.44. The molecule has 1 heterocycles. The van der Waals surface area contributed by atoms with Crippen molar-refractivity contribution in [2.24, 2.45) is 0 Å². The van der Waals surface area contributed by atoms with Gasteiger partial charge in [0, 0.05) is 19.2 Å². The van der Waals surface area contributed by atoms with Crippen LogP contribution in [-0.2, 0) is 0 Å². The Kier molecular flexibility index (Phi) is 2.44. The summed E-state index contributed by atoms with van der Waals surface area (Å²) in [7, 11) is 1.56. The van der Waals surface area contributed by atoms with Crippen molar-refractivity contribution >= 4 is 0 Å². The molecule has 1 aromatic carbocycles. The van der Waals surface area contributed by atoms with Crippen LogP contribution in [0.1, 0.15) is 6.92 Å². The van der Waals surface area contributed by atoms with Gasteiger partial charge in [-0.15, -0.1) is 0 Å². The van der Waals surface area contributed by atoms with Gasteiger partial charge in [0.1, 0.15) is 11.4 Å². The third kappa shape index (κ3) is 1.99. The third-order valence-electron chi connectivity index (χ3n) is 2.52. The molecule has 1 aromatic rings. The number of aromatic hydroxyl groups is 1. The van der Waals surface area contributed by atoms with Gasteiger partial charge in [0.15, 0.2) is 11.5 Å². The van der Waals surface area contributed by atoms with Gasteiger partial charge in [-0.05, 0) is 19.1 Å². The van der Waals surface area contributed by atoms with Crippen molar-refractivity contribution in [3.8, 4) is 17.2 Å². The quantitative estimate of drug-likeness (QED) is 0.783. The Morgan fingerprint density at radius 2 is 2.13 bits per heavy atom. The summed E-state index contributed by atoms with van der Waals surface area (Å²) in [6, 6.07) is 5.03. The molecular formula is C11H15NO3. The number of hydrogen-bond acceptors (Lipinski definition) is 4. The minimum absolute atomic E-state index is 0.113. The summed E-state index contributed by atoms with van der Waals surface area (Å²) in [5.41, 5.74) is -0.202. The Morgan fingerprint density at radius 1 is 1.40 bits per heavy atom. The number of benzene rings is 1. The Balaban J connectivity index is 2.14. The van der Waals surface area contributed by atoms with Crippen LogP contribution in [0.2, 0.25) is 0 Å². The fourth-order valence-electron chi connectivity index (χ4n) is 1.53. The largest absolute Gasteiger partial charge is 0.504 e. The molecule has 1 aliphatic heterocycles. The van der Waals surface area contributed by atoms with Gasteiger partial charge in [-0.3, -0.25) is 0 Å². The first-order valence-electron chi connectivity index (χ1n) is 4.90. The van der Waals surface area contributed by atoms with Crippen LogP contribution in [0.15, 0.2) is 18.2 Å². The molecule has 1 saturated heterocycles. The molecule has 0 radical (unpaired) electrons. The normalized spacial score (nSPS) is 18.0. The van der Waals surface area contributed by atoms with E-state index in [0.717, 1.165) is 13.1 Å². The Labute approximate surface area is 88.8 Å². The lowest BCUT2D eigenvalue weighted by Gasteiger charge is -2.39. The molecule has 1 fully saturated rings. The minimum atomic E-state index is -0.202. The standard InChI is InChI=1S/C11H15NO3/c1-11(6-12-7-11)15-10-4-3-8(14-2)5-9(10)13/h3-5,12-13H,6-7H2,1-2H3. The van der Waals surface area contributed by atoms with Gasteiger partial charge in [0.2, 0.25) is 0 Å². The highest BCUT2D eigenvalue weighted by Crippen LogP contribution is 2.33. The van der Waals surface area contributed by atoms with E-state index >= 15 is 0 Å². The number of methoxy groups -OCH3 is 1. The maximum absolute atomic E-state index is 9.68. The molecule has 0 unspecified atom stereocenters. The van der Waals surface area contributed by atoms with Crippen molar-refractivity contribution in [3.63, 3.8) is 0 Å². The molecule has 0 aliphatic carbocycles. The molecule has 0 saturated carbocycles. The predicted octanol–water partition coefficient (Wildman–Crippen LogP) is 1.14. The van der Waals surface area contributed by atoms with E-state index in [4.69, 9.17) is 9.47 Å². The monoisotopic (exact) mass is 209 g/mol. The maximum atomic E-state index is 9.68. The van der Waals surface area contributed by atoms with Crippen LogP contribution in [-0.4, -0.2) is 30.9 Å². The van der Waals surface area contributed by atoms with E-state index in [1.165, 1.54) is 0 Å². The molecule has 0 spiro atoms. The van der Waals surface area contributed by atoms with E-state index < -0.39 is 0 Å². The zero-order valence-electron chi connectivity index (χ0n) is 8.91. The lowest BCUT2D eigenvalue weighted by molar-refractivity contribution is 0.0323. The Hall–Kier alpha value is -1.42. The predicted molar refractivity (Wildman–Crippen MR) is 56.6 cm³/mol. The summed E-state index contributed by atoms with van der Waals surface area (Å²) in [4.78, 5) is 0. The van der Waals surface area contributed by atoms with Crippen LogP contribution in [0.25, 0.3) is 0 Å². The van der Waals surface area contributed by atoms with E-state index in [-0.39, 0.29) is 11.4 Å². The van der Waals surface area contributed by atoms with E-state index in [0.29, 0.717) is 11.5 Å². The lowest BCUT2D eigenvalue weighted by atomic mass is 10.00. The first-order valence-corrected chi connectivity index (χ1v) is 4.90. The van der Waals surface area contributed by atoms with Crippen LogP contribution in [0.3, 0.4) is 0 Å². The number of phenols is 1. The maximum Gasteiger partial charge on any atom is 0.162 e. The SMILES string of the molecule is COc1ccc(OC2(C)CNC2)c(O)c1. The van der Waals surface area contributed by atoms with Gasteiger partial charge in [-0.25, -0.2) is 0 Å². The number of rotatable bonds is 3. The summed E-state index contributed by atoms with van der Waals surface area (Å²) < 4.78 is 10.7. The van der Waals surface area contributed by atoms with E-state index in [1.54, 1.807) is 25.3 Å². The first kappa shape index (κ1) is 10.1. The zero-order valence-corrected chi connectivity index (χ0v) is 8.91. The fraction of sp³-hybridized carbons (Fsp3) is 0.455. The first-order chi connectivity index (χ1) is 7.13. The summed E-state index contributed by atoms with van der Waals surface area (Å²) in [5.74, 6) is 1.24. The summed E-state index contributed by atoms with van der Waals surface area (Å²) >= 11 is 0. The minimum Gasteiger partial charge on any atom is -0.504 e. The number of phenolic OH excluding ortho intramolecular Hbond substituents is 1. The van der Waals surface area contributed by atoms with Crippen LogP contribution in [0.5, 0.6) is 17.2 Å². The van der Waals surface area contributed by atoms with Gasteiger partial charge in [0.25, 0.3) is 0 Å². The fourth-order valence-corrected chi connectivity index (χ4v) is 1.53. The van der Waals surface area contributed by atoms with Gasteiger partial charge in [0.05, 0.1) is 7.11 Å². The van der Waals surface area contributed by atoms with Gasteiger partial charge >= 0.3 is 0 Å². The molecule has 4 nitrogen and oxygen atoms in total. The molecule has 2 N–H and O–H groups in total. The lowest BCUT2D eigenvalue weighted by Crippen LogP contribution is -2.61. The Morgan fingerprint density at radius 3 is 2.60 bits per heavy atom. The van der Waals surface area contributed by atoms with Crippen molar-refractivity contribution in [1.82, 2.24) is 5.32 Å². The van der Waals surface area contributed by atoms with Crippen molar-refractivity contribution in [2.45, 2.75) is 12.5 Å². The van der Waals surface area contributed by atoms with E-state index in [9.17, 15) is 5.11 Å². The summed E-state index contributed by atoms with van der Waals surface area (Å²) in [5, 5.41) is 12.8. The molecule has 0 aromatic heterocycles. The molecule has 4 heteroatoms.